The average Bonchev–Trinajstić information content (AvgIpc) is 1.82. The lowest BCUT2D eigenvalue weighted by molar-refractivity contribution is 1.63. The molecule has 0 aromatic heterocycles. The molecule has 1 aromatic rings. The number of rotatable bonds is 0. The maximum atomic E-state index is 5.68. The minimum atomic E-state index is 0.809. The molecular weight excluding hydrogens is 257 g/mol. The van der Waals surface area contributed by atoms with Gasteiger partial charge in [0.1, 0.15) is 7.85 Å². The molecule has 2 N–H and O–H groups in total. The van der Waals surface area contributed by atoms with E-state index in [4.69, 9.17) is 5.73 Å². The lowest BCUT2D eigenvalue weighted by Crippen LogP contribution is -2.09. The number of halogens is 2. The summed E-state index contributed by atoms with van der Waals surface area (Å²) >= 11 is 6.70. The van der Waals surface area contributed by atoms with Crippen molar-refractivity contribution in [3.8, 4) is 0 Å². The highest BCUT2D eigenvalue weighted by atomic mass is 79.9. The van der Waals surface area contributed by atoms with E-state index in [1.54, 1.807) is 0 Å². The Hall–Kier alpha value is 0.0449. The van der Waals surface area contributed by atoms with Crippen LogP contribution in [0.1, 0.15) is 0 Å². The Bertz CT molecular complexity index is 239. The molecular formula is C6H6BBr2N. The molecule has 0 saturated heterocycles. The first-order valence-corrected chi connectivity index (χ1v) is 4.41. The Balaban J connectivity index is 3.31. The number of hydrogen-bond donors (Lipinski definition) is 1. The van der Waals surface area contributed by atoms with Crippen LogP contribution in [0.2, 0.25) is 0 Å². The van der Waals surface area contributed by atoms with Crippen molar-refractivity contribution in [3.05, 3.63) is 21.1 Å². The standard InChI is InChI=1S/C6H6BBr2N/c7-4-1-3(8)2-5(9)6(4)10/h1-2H,7,10H2. The van der Waals surface area contributed by atoms with Crippen LogP contribution in [0.25, 0.3) is 0 Å². The molecule has 0 heterocycles. The second-order valence-electron chi connectivity index (χ2n) is 2.12. The van der Waals surface area contributed by atoms with Crippen LogP contribution >= 0.6 is 31.9 Å². The fourth-order valence-corrected chi connectivity index (χ4v) is 2.15. The number of benzene rings is 1. The lowest BCUT2D eigenvalue weighted by Gasteiger charge is -2.02. The third kappa shape index (κ3) is 1.55. The minimum Gasteiger partial charge on any atom is -0.398 e. The minimum absolute atomic E-state index is 0.809. The highest BCUT2D eigenvalue weighted by molar-refractivity contribution is 9.11. The molecule has 0 saturated carbocycles. The van der Waals surface area contributed by atoms with Gasteiger partial charge in [-0.2, -0.15) is 0 Å². The summed E-state index contributed by atoms with van der Waals surface area (Å²) in [6.07, 6.45) is 0. The molecule has 0 atom stereocenters. The van der Waals surface area contributed by atoms with Gasteiger partial charge in [0.2, 0.25) is 0 Å². The number of nitrogens with two attached hydrogens (primary N) is 1. The summed E-state index contributed by atoms with van der Waals surface area (Å²) < 4.78 is 1.99. The summed E-state index contributed by atoms with van der Waals surface area (Å²) in [6.45, 7) is 0. The molecule has 0 unspecified atom stereocenters. The molecule has 4 heteroatoms. The van der Waals surface area contributed by atoms with Crippen LogP contribution < -0.4 is 11.2 Å². The van der Waals surface area contributed by atoms with Gasteiger partial charge >= 0.3 is 0 Å². The van der Waals surface area contributed by atoms with Gasteiger partial charge in [-0.15, -0.1) is 0 Å². The average molecular weight is 263 g/mol. The summed E-state index contributed by atoms with van der Waals surface area (Å²) in [5.41, 5.74) is 7.58. The van der Waals surface area contributed by atoms with Crippen LogP contribution in [0.15, 0.2) is 21.1 Å². The van der Waals surface area contributed by atoms with Gasteiger partial charge in [0.05, 0.1) is 0 Å². The molecule has 10 heavy (non-hydrogen) atoms. The molecule has 0 aliphatic rings. The zero-order valence-electron chi connectivity index (χ0n) is 5.49. The lowest BCUT2D eigenvalue weighted by atomic mass is 9.95. The maximum Gasteiger partial charge on any atom is 0.142 e. The van der Waals surface area contributed by atoms with Crippen molar-refractivity contribution in [1.29, 1.82) is 0 Å². The molecule has 1 aromatic carbocycles. The topological polar surface area (TPSA) is 26.0 Å². The van der Waals surface area contributed by atoms with Gasteiger partial charge in [-0.05, 0) is 22.0 Å². The fourth-order valence-electron chi connectivity index (χ4n) is 0.713. The molecule has 1 nitrogen and oxygen atoms in total. The Morgan fingerprint density at radius 1 is 1.30 bits per heavy atom. The molecule has 0 spiro atoms. The molecule has 0 aliphatic heterocycles. The van der Waals surface area contributed by atoms with Crippen LogP contribution in [0.5, 0.6) is 0 Å². The van der Waals surface area contributed by atoms with Crippen molar-refractivity contribution >= 4 is 50.9 Å². The molecule has 52 valence electrons. The van der Waals surface area contributed by atoms with Crippen LogP contribution in [-0.2, 0) is 0 Å². The maximum absolute atomic E-state index is 5.68. The fraction of sp³-hybridized carbons (Fsp3) is 0. The van der Waals surface area contributed by atoms with Crippen LogP contribution in [0.3, 0.4) is 0 Å². The second-order valence-corrected chi connectivity index (χ2v) is 3.89. The van der Waals surface area contributed by atoms with Gasteiger partial charge in [0.25, 0.3) is 0 Å². The summed E-state index contributed by atoms with van der Waals surface area (Å²) in [4.78, 5) is 0. The van der Waals surface area contributed by atoms with Crippen molar-refractivity contribution in [3.63, 3.8) is 0 Å². The van der Waals surface area contributed by atoms with Crippen molar-refractivity contribution in [2.45, 2.75) is 0 Å². The predicted molar refractivity (Wildman–Crippen MR) is 54.4 cm³/mol. The number of nitrogen functional groups attached to an aromatic ring is 1. The Kier molecular flexibility index (Phi) is 2.42. The van der Waals surface area contributed by atoms with E-state index in [1.807, 2.05) is 20.0 Å². The van der Waals surface area contributed by atoms with Crippen molar-refractivity contribution < 1.29 is 0 Å². The van der Waals surface area contributed by atoms with Gasteiger partial charge in [-0.25, -0.2) is 0 Å². The first-order chi connectivity index (χ1) is 4.61. The van der Waals surface area contributed by atoms with E-state index in [1.165, 1.54) is 0 Å². The zero-order chi connectivity index (χ0) is 7.72. The van der Waals surface area contributed by atoms with E-state index in [-0.39, 0.29) is 0 Å². The van der Waals surface area contributed by atoms with Crippen LogP contribution in [0, 0.1) is 0 Å². The summed E-state index contributed by atoms with van der Waals surface area (Å²) in [5, 5.41) is 0. The van der Waals surface area contributed by atoms with E-state index < -0.39 is 0 Å². The SMILES string of the molecule is Bc1cc(Br)cc(Br)c1N. The largest absolute Gasteiger partial charge is 0.398 e. The zero-order valence-corrected chi connectivity index (χ0v) is 8.66. The summed E-state index contributed by atoms with van der Waals surface area (Å²) in [5.74, 6) is 0. The number of hydrogen-bond acceptors (Lipinski definition) is 1. The molecule has 0 fully saturated rings. The first kappa shape index (κ1) is 8.14. The van der Waals surface area contributed by atoms with Gasteiger partial charge in [-0.1, -0.05) is 27.5 Å². The van der Waals surface area contributed by atoms with Gasteiger partial charge in [-0.3, -0.25) is 0 Å². The molecule has 0 aliphatic carbocycles. The second kappa shape index (κ2) is 2.97. The van der Waals surface area contributed by atoms with E-state index in [2.05, 4.69) is 31.9 Å². The van der Waals surface area contributed by atoms with Crippen molar-refractivity contribution in [1.82, 2.24) is 0 Å². The smallest absolute Gasteiger partial charge is 0.142 e. The molecule has 0 radical (unpaired) electrons. The third-order valence-corrected chi connectivity index (χ3v) is 2.42. The van der Waals surface area contributed by atoms with E-state index >= 15 is 0 Å². The summed E-state index contributed by atoms with van der Waals surface area (Å²) in [6, 6.07) is 3.92. The predicted octanol–water partition coefficient (Wildman–Crippen LogP) is 1.05. The first-order valence-electron chi connectivity index (χ1n) is 2.82. The Morgan fingerprint density at radius 3 is 2.40 bits per heavy atom. The molecule has 0 amide bonds. The van der Waals surface area contributed by atoms with Crippen LogP contribution in [0.4, 0.5) is 5.69 Å². The highest BCUT2D eigenvalue weighted by Crippen LogP contribution is 2.21. The highest BCUT2D eigenvalue weighted by Gasteiger charge is 1.99. The van der Waals surface area contributed by atoms with Crippen molar-refractivity contribution in [2.75, 3.05) is 5.73 Å². The van der Waals surface area contributed by atoms with Gasteiger partial charge < -0.3 is 5.73 Å². The Morgan fingerprint density at radius 2 is 1.90 bits per heavy atom. The normalized spacial score (nSPS) is 9.80. The molecule has 0 bridgehead atoms. The third-order valence-electron chi connectivity index (χ3n) is 1.30. The van der Waals surface area contributed by atoms with E-state index in [0.29, 0.717) is 0 Å². The Labute approximate surface area is 77.7 Å². The molecule has 1 rings (SSSR count). The van der Waals surface area contributed by atoms with Crippen LogP contribution in [-0.4, -0.2) is 7.85 Å². The van der Waals surface area contributed by atoms with Gasteiger partial charge in [0.15, 0.2) is 0 Å². The van der Waals surface area contributed by atoms with E-state index in [9.17, 15) is 0 Å². The van der Waals surface area contributed by atoms with E-state index in [0.717, 1.165) is 20.1 Å². The summed E-state index contributed by atoms with van der Waals surface area (Å²) in [7, 11) is 1.98. The monoisotopic (exact) mass is 261 g/mol. The van der Waals surface area contributed by atoms with Gasteiger partial charge in [0, 0.05) is 14.6 Å². The van der Waals surface area contributed by atoms with Crippen molar-refractivity contribution in [2.24, 2.45) is 0 Å². The number of anilines is 1. The quantitative estimate of drug-likeness (QED) is 0.549.